The van der Waals surface area contributed by atoms with Gasteiger partial charge in [-0.15, -0.1) is 0 Å². The minimum absolute atomic E-state index is 0.238. The molecule has 1 aromatic carbocycles. The van der Waals surface area contributed by atoms with Crippen LogP contribution in [0.4, 0.5) is 4.39 Å². The van der Waals surface area contributed by atoms with Gasteiger partial charge >= 0.3 is 0 Å². The third-order valence-electron chi connectivity index (χ3n) is 3.54. The van der Waals surface area contributed by atoms with Crippen LogP contribution in [-0.4, -0.2) is 17.4 Å². The van der Waals surface area contributed by atoms with Crippen LogP contribution in [0.3, 0.4) is 0 Å². The van der Waals surface area contributed by atoms with Crippen molar-refractivity contribution in [3.8, 4) is 0 Å². The molecule has 0 saturated heterocycles. The average Bonchev–Trinajstić information content (AvgIpc) is 2.26. The standard InChI is InChI=1S/C13H15FN2O2/c1-8-9(4-2-5-10(8)14)11(17)16-13(12(15)18)6-3-7-13/h2,4-5H,3,6-7H2,1H3,(H2,15,18)(H,16,17). The summed E-state index contributed by atoms with van der Waals surface area (Å²) >= 11 is 0. The van der Waals surface area contributed by atoms with Gasteiger partial charge < -0.3 is 11.1 Å². The first kappa shape index (κ1) is 12.5. The third-order valence-corrected chi connectivity index (χ3v) is 3.54. The Morgan fingerprint density at radius 1 is 1.39 bits per heavy atom. The Morgan fingerprint density at radius 3 is 2.56 bits per heavy atom. The smallest absolute Gasteiger partial charge is 0.252 e. The predicted molar refractivity (Wildman–Crippen MR) is 64.4 cm³/mol. The van der Waals surface area contributed by atoms with E-state index in [1.165, 1.54) is 25.1 Å². The zero-order valence-electron chi connectivity index (χ0n) is 10.1. The van der Waals surface area contributed by atoms with E-state index in [2.05, 4.69) is 5.32 Å². The maximum absolute atomic E-state index is 13.4. The van der Waals surface area contributed by atoms with Crippen LogP contribution < -0.4 is 11.1 Å². The van der Waals surface area contributed by atoms with Gasteiger partial charge in [0.2, 0.25) is 5.91 Å². The van der Waals surface area contributed by atoms with Crippen LogP contribution in [0.2, 0.25) is 0 Å². The second kappa shape index (κ2) is 4.40. The summed E-state index contributed by atoms with van der Waals surface area (Å²) in [4.78, 5) is 23.4. The lowest BCUT2D eigenvalue weighted by Crippen LogP contribution is -2.61. The van der Waals surface area contributed by atoms with Gasteiger partial charge in [-0.3, -0.25) is 9.59 Å². The summed E-state index contributed by atoms with van der Waals surface area (Å²) in [6, 6.07) is 4.29. The minimum atomic E-state index is -0.949. The van der Waals surface area contributed by atoms with E-state index in [1.807, 2.05) is 0 Å². The van der Waals surface area contributed by atoms with E-state index in [0.717, 1.165) is 6.42 Å². The molecule has 0 bridgehead atoms. The molecule has 0 atom stereocenters. The number of carbonyl (C=O) groups is 2. The number of benzene rings is 1. The highest BCUT2D eigenvalue weighted by atomic mass is 19.1. The lowest BCUT2D eigenvalue weighted by Gasteiger charge is -2.39. The molecule has 1 aliphatic carbocycles. The van der Waals surface area contributed by atoms with Crippen LogP contribution in [0.1, 0.15) is 35.2 Å². The Balaban J connectivity index is 2.22. The monoisotopic (exact) mass is 250 g/mol. The first-order chi connectivity index (χ1) is 8.46. The zero-order valence-corrected chi connectivity index (χ0v) is 10.1. The molecule has 0 unspecified atom stereocenters. The number of carbonyl (C=O) groups excluding carboxylic acids is 2. The zero-order chi connectivity index (χ0) is 13.3. The van der Waals surface area contributed by atoms with Crippen molar-refractivity contribution in [2.24, 2.45) is 5.73 Å². The summed E-state index contributed by atoms with van der Waals surface area (Å²) in [5, 5.41) is 2.63. The van der Waals surface area contributed by atoms with Gasteiger partial charge in [0.25, 0.3) is 5.91 Å². The molecule has 4 nitrogen and oxygen atoms in total. The normalized spacial score (nSPS) is 16.8. The van der Waals surface area contributed by atoms with Crippen molar-refractivity contribution in [1.29, 1.82) is 0 Å². The Kier molecular flexibility index (Phi) is 3.07. The summed E-state index contributed by atoms with van der Waals surface area (Å²) in [6.45, 7) is 1.53. The van der Waals surface area contributed by atoms with Gasteiger partial charge in [0.1, 0.15) is 11.4 Å². The van der Waals surface area contributed by atoms with Crippen LogP contribution in [0, 0.1) is 12.7 Å². The Labute approximate surface area is 104 Å². The van der Waals surface area contributed by atoms with E-state index >= 15 is 0 Å². The van der Waals surface area contributed by atoms with Gasteiger partial charge in [0.05, 0.1) is 0 Å². The Bertz CT molecular complexity index is 510. The van der Waals surface area contributed by atoms with Crippen LogP contribution >= 0.6 is 0 Å². The number of hydrogen-bond acceptors (Lipinski definition) is 2. The highest BCUT2D eigenvalue weighted by molar-refractivity contribution is 6.00. The molecule has 0 spiro atoms. The van der Waals surface area contributed by atoms with Crippen molar-refractivity contribution in [2.75, 3.05) is 0 Å². The largest absolute Gasteiger partial charge is 0.368 e. The van der Waals surface area contributed by atoms with Gasteiger partial charge in [0.15, 0.2) is 0 Å². The van der Waals surface area contributed by atoms with Crippen LogP contribution in [0.5, 0.6) is 0 Å². The Hall–Kier alpha value is -1.91. The second-order valence-electron chi connectivity index (χ2n) is 4.67. The number of halogens is 1. The van der Waals surface area contributed by atoms with E-state index in [-0.39, 0.29) is 11.1 Å². The molecule has 1 aliphatic rings. The molecule has 1 saturated carbocycles. The average molecular weight is 250 g/mol. The fraction of sp³-hybridized carbons (Fsp3) is 0.385. The highest BCUT2D eigenvalue weighted by Crippen LogP contribution is 2.32. The summed E-state index contributed by atoms with van der Waals surface area (Å²) in [6.07, 6.45) is 1.94. The molecular formula is C13H15FN2O2. The molecule has 3 N–H and O–H groups in total. The van der Waals surface area contributed by atoms with E-state index in [9.17, 15) is 14.0 Å². The third kappa shape index (κ3) is 1.96. The predicted octanol–water partition coefficient (Wildman–Crippen LogP) is 1.27. The van der Waals surface area contributed by atoms with Crippen LogP contribution in [0.25, 0.3) is 0 Å². The second-order valence-corrected chi connectivity index (χ2v) is 4.67. The fourth-order valence-corrected chi connectivity index (χ4v) is 2.10. The van der Waals surface area contributed by atoms with Crippen molar-refractivity contribution in [3.63, 3.8) is 0 Å². The Morgan fingerprint density at radius 2 is 2.06 bits per heavy atom. The van der Waals surface area contributed by atoms with E-state index in [1.54, 1.807) is 0 Å². The number of rotatable bonds is 3. The molecule has 0 aromatic heterocycles. The first-order valence-electron chi connectivity index (χ1n) is 5.84. The molecule has 1 fully saturated rings. The number of amides is 2. The van der Waals surface area contributed by atoms with Crippen molar-refractivity contribution >= 4 is 11.8 Å². The van der Waals surface area contributed by atoms with Gasteiger partial charge in [-0.2, -0.15) is 0 Å². The summed E-state index contributed by atoms with van der Waals surface area (Å²) in [5.41, 5.74) is 4.86. The van der Waals surface area contributed by atoms with Gasteiger partial charge in [-0.25, -0.2) is 4.39 Å². The van der Waals surface area contributed by atoms with Gasteiger partial charge in [-0.1, -0.05) is 6.07 Å². The summed E-state index contributed by atoms with van der Waals surface area (Å²) in [7, 11) is 0. The molecule has 2 rings (SSSR count). The first-order valence-corrected chi connectivity index (χ1v) is 5.84. The van der Waals surface area contributed by atoms with Crippen LogP contribution in [-0.2, 0) is 4.79 Å². The maximum atomic E-state index is 13.4. The van der Waals surface area contributed by atoms with E-state index in [4.69, 9.17) is 5.73 Å². The molecule has 5 heteroatoms. The topological polar surface area (TPSA) is 72.2 Å². The summed E-state index contributed by atoms with van der Waals surface area (Å²) < 4.78 is 13.4. The van der Waals surface area contributed by atoms with Crippen molar-refractivity contribution in [3.05, 3.63) is 35.1 Å². The fourth-order valence-electron chi connectivity index (χ4n) is 2.10. The van der Waals surface area contributed by atoms with Crippen molar-refractivity contribution in [1.82, 2.24) is 5.32 Å². The number of hydrogen-bond donors (Lipinski definition) is 2. The molecule has 0 radical (unpaired) electrons. The quantitative estimate of drug-likeness (QED) is 0.848. The van der Waals surface area contributed by atoms with Gasteiger partial charge in [0, 0.05) is 5.56 Å². The number of nitrogens with two attached hydrogens (primary N) is 1. The lowest BCUT2D eigenvalue weighted by atomic mass is 9.76. The number of nitrogens with one attached hydrogen (secondary N) is 1. The van der Waals surface area contributed by atoms with Crippen molar-refractivity contribution in [2.45, 2.75) is 31.7 Å². The maximum Gasteiger partial charge on any atom is 0.252 e. The minimum Gasteiger partial charge on any atom is -0.368 e. The molecule has 96 valence electrons. The molecule has 0 aliphatic heterocycles. The molecule has 1 aromatic rings. The SMILES string of the molecule is Cc1c(F)cccc1C(=O)NC1(C(N)=O)CCC1. The van der Waals surface area contributed by atoms with Gasteiger partial charge in [-0.05, 0) is 43.9 Å². The van der Waals surface area contributed by atoms with Crippen LogP contribution in [0.15, 0.2) is 18.2 Å². The molecule has 18 heavy (non-hydrogen) atoms. The number of primary amides is 1. The molecular weight excluding hydrogens is 235 g/mol. The molecule has 2 amide bonds. The lowest BCUT2D eigenvalue weighted by molar-refractivity contribution is -0.127. The van der Waals surface area contributed by atoms with E-state index in [0.29, 0.717) is 12.8 Å². The summed E-state index contributed by atoms with van der Waals surface area (Å²) in [5.74, 6) is -1.42. The van der Waals surface area contributed by atoms with Crippen molar-refractivity contribution < 1.29 is 14.0 Å². The molecule has 0 heterocycles. The highest BCUT2D eigenvalue weighted by Gasteiger charge is 2.44. The van der Waals surface area contributed by atoms with E-state index < -0.39 is 23.2 Å².